The molecule has 0 saturated heterocycles. The van der Waals surface area contributed by atoms with Gasteiger partial charge in [-0.15, -0.1) is 0 Å². The largest absolute Gasteiger partial charge is 0.393 e. The predicted octanol–water partition coefficient (Wildman–Crippen LogP) is 2.98. The van der Waals surface area contributed by atoms with Crippen LogP contribution in [-0.2, 0) is 0 Å². The molecule has 0 aliphatic carbocycles. The first-order valence-electron chi connectivity index (χ1n) is 4.88. The molecule has 0 saturated carbocycles. The smallest absolute Gasteiger partial charge is 0.292 e. The number of halogens is 1. The Morgan fingerprint density at radius 3 is 2.47 bits per heavy atom. The molecule has 2 rings (SSSR count). The second-order valence-corrected chi connectivity index (χ2v) is 3.51. The summed E-state index contributed by atoms with van der Waals surface area (Å²) >= 11 is 0. The Morgan fingerprint density at radius 1 is 1.18 bits per heavy atom. The van der Waals surface area contributed by atoms with Gasteiger partial charge in [-0.2, -0.15) is 0 Å². The van der Waals surface area contributed by atoms with E-state index in [0.29, 0.717) is 11.1 Å². The molecular weight excluding hydrogens is 223 g/mol. The molecule has 2 N–H and O–H groups in total. The Balaban J connectivity index is 2.52. The number of anilines is 1. The van der Waals surface area contributed by atoms with Crippen molar-refractivity contribution in [3.05, 3.63) is 58.4 Å². The lowest BCUT2D eigenvalue weighted by molar-refractivity contribution is -0.383. The van der Waals surface area contributed by atoms with Crippen LogP contribution < -0.4 is 5.73 Å². The minimum absolute atomic E-state index is 0.0238. The van der Waals surface area contributed by atoms with Crippen LogP contribution in [0.25, 0.3) is 11.1 Å². The summed E-state index contributed by atoms with van der Waals surface area (Å²) in [5, 5.41) is 10.6. The predicted molar refractivity (Wildman–Crippen MR) is 62.9 cm³/mol. The second-order valence-electron chi connectivity index (χ2n) is 3.51. The van der Waals surface area contributed by atoms with Gasteiger partial charge in [0.2, 0.25) is 0 Å². The lowest BCUT2D eigenvalue weighted by atomic mass is 10.0. The molecule has 86 valence electrons. The average Bonchev–Trinajstić information content (AvgIpc) is 2.29. The van der Waals surface area contributed by atoms with E-state index in [9.17, 15) is 14.5 Å². The highest BCUT2D eigenvalue weighted by molar-refractivity contribution is 5.72. The number of nitrogens with zero attached hydrogens (tertiary/aromatic N) is 1. The van der Waals surface area contributed by atoms with Crippen molar-refractivity contribution in [1.29, 1.82) is 0 Å². The van der Waals surface area contributed by atoms with Gasteiger partial charge in [0.25, 0.3) is 5.69 Å². The summed E-state index contributed by atoms with van der Waals surface area (Å²) in [6.07, 6.45) is 0. The zero-order chi connectivity index (χ0) is 12.4. The highest BCUT2D eigenvalue weighted by Crippen LogP contribution is 2.29. The van der Waals surface area contributed by atoms with E-state index in [4.69, 9.17) is 5.73 Å². The monoisotopic (exact) mass is 232 g/mol. The third-order valence-electron chi connectivity index (χ3n) is 2.41. The normalized spacial score (nSPS) is 10.2. The van der Waals surface area contributed by atoms with Crippen molar-refractivity contribution < 1.29 is 9.31 Å². The Bertz CT molecular complexity index is 584. The first-order chi connectivity index (χ1) is 8.09. The van der Waals surface area contributed by atoms with Crippen molar-refractivity contribution in [2.24, 2.45) is 0 Å². The van der Waals surface area contributed by atoms with Crippen LogP contribution in [0.1, 0.15) is 0 Å². The van der Waals surface area contributed by atoms with Crippen LogP contribution >= 0.6 is 0 Å². The van der Waals surface area contributed by atoms with Crippen molar-refractivity contribution in [2.45, 2.75) is 0 Å². The summed E-state index contributed by atoms with van der Waals surface area (Å²) in [4.78, 5) is 10.0. The fourth-order valence-electron chi connectivity index (χ4n) is 1.58. The molecule has 5 heteroatoms. The number of rotatable bonds is 2. The zero-order valence-corrected chi connectivity index (χ0v) is 8.76. The second kappa shape index (κ2) is 4.21. The standard InChI is InChI=1S/C12H9FN2O2/c13-10-4-2-1-3-9(10)8-5-6-12(15(16)17)11(14)7-8/h1-7H,14H2. The van der Waals surface area contributed by atoms with E-state index < -0.39 is 4.92 Å². The molecule has 0 aromatic heterocycles. The first-order valence-corrected chi connectivity index (χ1v) is 4.88. The minimum atomic E-state index is -0.569. The molecule has 0 atom stereocenters. The zero-order valence-electron chi connectivity index (χ0n) is 8.76. The van der Waals surface area contributed by atoms with Gasteiger partial charge in [-0.05, 0) is 23.8 Å². The molecule has 0 radical (unpaired) electrons. The van der Waals surface area contributed by atoms with Gasteiger partial charge in [-0.3, -0.25) is 10.1 Å². The van der Waals surface area contributed by atoms with Crippen LogP contribution in [0.5, 0.6) is 0 Å². The van der Waals surface area contributed by atoms with Gasteiger partial charge in [0.15, 0.2) is 0 Å². The summed E-state index contributed by atoms with van der Waals surface area (Å²) in [6.45, 7) is 0. The van der Waals surface area contributed by atoms with Crippen LogP contribution in [0.15, 0.2) is 42.5 Å². The van der Waals surface area contributed by atoms with E-state index in [1.807, 2.05) is 0 Å². The summed E-state index contributed by atoms with van der Waals surface area (Å²) in [7, 11) is 0. The molecule has 4 nitrogen and oxygen atoms in total. The fourth-order valence-corrected chi connectivity index (χ4v) is 1.58. The number of nitrogens with two attached hydrogens (primary N) is 1. The minimum Gasteiger partial charge on any atom is -0.393 e. The number of benzene rings is 2. The molecule has 17 heavy (non-hydrogen) atoms. The Labute approximate surface area is 96.6 Å². The fraction of sp³-hybridized carbons (Fsp3) is 0. The van der Waals surface area contributed by atoms with Crippen LogP contribution in [-0.4, -0.2) is 4.92 Å². The molecule has 0 amide bonds. The third-order valence-corrected chi connectivity index (χ3v) is 2.41. The number of nitrogen functional groups attached to an aromatic ring is 1. The summed E-state index contributed by atoms with van der Waals surface area (Å²) in [5.74, 6) is -0.388. The van der Waals surface area contributed by atoms with Gasteiger partial charge in [-0.1, -0.05) is 18.2 Å². The molecule has 2 aromatic carbocycles. The van der Waals surface area contributed by atoms with E-state index in [2.05, 4.69) is 0 Å². The topological polar surface area (TPSA) is 69.2 Å². The van der Waals surface area contributed by atoms with Gasteiger partial charge in [-0.25, -0.2) is 4.39 Å². The molecule has 0 heterocycles. The highest BCUT2D eigenvalue weighted by Gasteiger charge is 2.13. The third kappa shape index (κ3) is 2.08. The van der Waals surface area contributed by atoms with Gasteiger partial charge in [0, 0.05) is 11.6 Å². The maximum atomic E-state index is 13.5. The van der Waals surface area contributed by atoms with Crippen molar-refractivity contribution in [2.75, 3.05) is 5.73 Å². The number of nitro groups is 1. The molecule has 0 bridgehead atoms. The van der Waals surface area contributed by atoms with E-state index in [-0.39, 0.29) is 17.2 Å². The van der Waals surface area contributed by atoms with Gasteiger partial charge in [0.05, 0.1) is 4.92 Å². The molecule has 2 aromatic rings. The van der Waals surface area contributed by atoms with E-state index in [1.165, 1.54) is 24.3 Å². The van der Waals surface area contributed by atoms with Crippen LogP contribution in [0, 0.1) is 15.9 Å². The summed E-state index contributed by atoms with van der Waals surface area (Å²) in [6, 6.07) is 10.3. The molecule has 0 spiro atoms. The van der Waals surface area contributed by atoms with Crippen molar-refractivity contribution >= 4 is 11.4 Å². The highest BCUT2D eigenvalue weighted by atomic mass is 19.1. The Morgan fingerprint density at radius 2 is 1.88 bits per heavy atom. The van der Waals surface area contributed by atoms with E-state index in [0.717, 1.165) is 0 Å². The summed E-state index contributed by atoms with van der Waals surface area (Å²) in [5.41, 5.74) is 6.28. The van der Waals surface area contributed by atoms with E-state index in [1.54, 1.807) is 18.2 Å². The SMILES string of the molecule is Nc1cc(-c2ccccc2F)ccc1[N+](=O)[O-]. The molecular formula is C12H9FN2O2. The average molecular weight is 232 g/mol. The molecule has 0 fully saturated rings. The lowest BCUT2D eigenvalue weighted by Gasteiger charge is -2.04. The van der Waals surface area contributed by atoms with Crippen LogP contribution in [0.3, 0.4) is 0 Å². The van der Waals surface area contributed by atoms with Crippen LogP contribution in [0.2, 0.25) is 0 Å². The van der Waals surface area contributed by atoms with Crippen molar-refractivity contribution in [3.63, 3.8) is 0 Å². The maximum Gasteiger partial charge on any atom is 0.292 e. The van der Waals surface area contributed by atoms with Gasteiger partial charge < -0.3 is 5.73 Å². The van der Waals surface area contributed by atoms with Gasteiger partial charge in [0.1, 0.15) is 11.5 Å². The number of hydrogen-bond donors (Lipinski definition) is 1. The van der Waals surface area contributed by atoms with Crippen LogP contribution in [0.4, 0.5) is 15.8 Å². The Hall–Kier alpha value is -2.43. The molecule has 0 aliphatic rings. The summed E-state index contributed by atoms with van der Waals surface area (Å²) < 4.78 is 13.5. The first kappa shape index (κ1) is 11.1. The van der Waals surface area contributed by atoms with Gasteiger partial charge >= 0.3 is 0 Å². The Kier molecular flexibility index (Phi) is 2.74. The van der Waals surface area contributed by atoms with E-state index >= 15 is 0 Å². The van der Waals surface area contributed by atoms with Crippen molar-refractivity contribution in [1.82, 2.24) is 0 Å². The molecule has 0 aliphatic heterocycles. The lowest BCUT2D eigenvalue weighted by Crippen LogP contribution is -1.96. The maximum absolute atomic E-state index is 13.5. The van der Waals surface area contributed by atoms with Crippen molar-refractivity contribution in [3.8, 4) is 11.1 Å². The quantitative estimate of drug-likeness (QED) is 0.491. The number of hydrogen-bond acceptors (Lipinski definition) is 3. The number of nitro benzene ring substituents is 1. The molecule has 0 unspecified atom stereocenters.